The van der Waals surface area contributed by atoms with Gasteiger partial charge < -0.3 is 14.9 Å². The number of anilines is 1. The Morgan fingerprint density at radius 1 is 1.20 bits per heavy atom. The lowest BCUT2D eigenvalue weighted by atomic mass is 10.3. The second-order valence-corrected chi connectivity index (χ2v) is 4.72. The van der Waals surface area contributed by atoms with Crippen LogP contribution in [0.4, 0.5) is 5.82 Å². The molecule has 0 bridgehead atoms. The van der Waals surface area contributed by atoms with Gasteiger partial charge in [0, 0.05) is 20.3 Å². The molecule has 0 spiro atoms. The van der Waals surface area contributed by atoms with Crippen LogP contribution in [0.15, 0.2) is 18.7 Å². The molecule has 3 aromatic heterocycles. The molecule has 8 heteroatoms. The summed E-state index contributed by atoms with van der Waals surface area (Å²) in [7, 11) is 3.76. The summed E-state index contributed by atoms with van der Waals surface area (Å²) < 4.78 is 5.59. The summed E-state index contributed by atoms with van der Waals surface area (Å²) in [4.78, 5) is 4.12. The van der Waals surface area contributed by atoms with E-state index in [2.05, 4.69) is 20.3 Å². The van der Waals surface area contributed by atoms with Gasteiger partial charge in [-0.05, 0) is 6.92 Å². The normalized spacial score (nSPS) is 11.2. The van der Waals surface area contributed by atoms with E-state index in [1.165, 1.54) is 0 Å². The van der Waals surface area contributed by atoms with Crippen molar-refractivity contribution in [2.45, 2.75) is 13.5 Å². The van der Waals surface area contributed by atoms with Crippen LogP contribution in [0.25, 0.3) is 11.4 Å². The van der Waals surface area contributed by atoms with Crippen molar-refractivity contribution in [2.24, 2.45) is 14.1 Å². The maximum Gasteiger partial charge on any atom is 0.169 e. The molecule has 0 saturated carbocycles. The highest BCUT2D eigenvalue weighted by atomic mass is 15.3. The maximum atomic E-state index is 6.02. The first kappa shape index (κ1) is 12.4. The monoisotopic (exact) mass is 272 g/mol. The van der Waals surface area contributed by atoms with Crippen molar-refractivity contribution in [1.82, 2.24) is 34.1 Å². The van der Waals surface area contributed by atoms with Crippen molar-refractivity contribution in [1.29, 1.82) is 0 Å². The summed E-state index contributed by atoms with van der Waals surface area (Å²) in [5.74, 6) is 2.11. The highest BCUT2D eigenvalue weighted by molar-refractivity contribution is 5.68. The van der Waals surface area contributed by atoms with Gasteiger partial charge in [-0.3, -0.25) is 4.68 Å². The third-order valence-corrected chi connectivity index (χ3v) is 3.40. The molecule has 0 fully saturated rings. The molecule has 20 heavy (non-hydrogen) atoms. The topological polar surface area (TPSA) is 92.4 Å². The Bertz CT molecular complexity index is 747. The number of rotatable bonds is 3. The number of aryl methyl sites for hydroxylation is 3. The smallest absolute Gasteiger partial charge is 0.169 e. The van der Waals surface area contributed by atoms with Gasteiger partial charge in [0.1, 0.15) is 11.6 Å². The van der Waals surface area contributed by atoms with Gasteiger partial charge in [-0.1, -0.05) is 0 Å². The summed E-state index contributed by atoms with van der Waals surface area (Å²) >= 11 is 0. The molecule has 0 aromatic carbocycles. The van der Waals surface area contributed by atoms with Crippen LogP contribution in [0.2, 0.25) is 0 Å². The van der Waals surface area contributed by atoms with E-state index in [4.69, 9.17) is 5.73 Å². The minimum Gasteiger partial charge on any atom is -0.383 e. The van der Waals surface area contributed by atoms with Gasteiger partial charge in [-0.2, -0.15) is 5.10 Å². The number of hydrogen-bond acceptors (Lipinski definition) is 5. The summed E-state index contributed by atoms with van der Waals surface area (Å²) in [6.45, 7) is 2.55. The Morgan fingerprint density at radius 3 is 2.60 bits per heavy atom. The Hall–Kier alpha value is -2.64. The van der Waals surface area contributed by atoms with Crippen molar-refractivity contribution in [3.8, 4) is 11.4 Å². The molecule has 8 nitrogen and oxygen atoms in total. The lowest BCUT2D eigenvalue weighted by molar-refractivity contribution is 0.707. The van der Waals surface area contributed by atoms with E-state index >= 15 is 0 Å². The predicted octanol–water partition coefficient (Wildman–Crippen LogP) is 0.351. The molecular formula is C12H16N8. The van der Waals surface area contributed by atoms with Crippen molar-refractivity contribution < 1.29 is 0 Å². The van der Waals surface area contributed by atoms with Gasteiger partial charge in [0.2, 0.25) is 0 Å². The summed E-state index contributed by atoms with van der Waals surface area (Å²) in [6.07, 6.45) is 5.31. The first-order valence-electron chi connectivity index (χ1n) is 6.20. The number of nitrogens with zero attached hydrogens (tertiary/aromatic N) is 7. The molecule has 3 aromatic rings. The third kappa shape index (κ3) is 1.85. The van der Waals surface area contributed by atoms with Gasteiger partial charge in [0.25, 0.3) is 0 Å². The number of nitrogen functional groups attached to an aromatic ring is 1. The molecule has 0 aliphatic carbocycles. The van der Waals surface area contributed by atoms with Gasteiger partial charge in [-0.15, -0.1) is 10.2 Å². The van der Waals surface area contributed by atoms with E-state index in [-0.39, 0.29) is 0 Å². The van der Waals surface area contributed by atoms with Gasteiger partial charge >= 0.3 is 0 Å². The minimum atomic E-state index is 0.573. The van der Waals surface area contributed by atoms with Gasteiger partial charge in [-0.25, -0.2) is 4.98 Å². The van der Waals surface area contributed by atoms with E-state index in [1.807, 2.05) is 29.3 Å². The zero-order chi connectivity index (χ0) is 14.3. The molecule has 0 aliphatic heterocycles. The first-order valence-corrected chi connectivity index (χ1v) is 6.20. The van der Waals surface area contributed by atoms with Crippen molar-refractivity contribution in [3.05, 3.63) is 30.2 Å². The zero-order valence-corrected chi connectivity index (χ0v) is 11.6. The van der Waals surface area contributed by atoms with Crippen LogP contribution in [0.5, 0.6) is 0 Å². The molecule has 0 amide bonds. The average molecular weight is 272 g/mol. The number of hydrogen-bond donors (Lipinski definition) is 1. The highest BCUT2D eigenvalue weighted by Gasteiger charge is 2.17. The Labute approximate surface area is 115 Å². The highest BCUT2D eigenvalue weighted by Crippen LogP contribution is 2.24. The molecule has 104 valence electrons. The van der Waals surface area contributed by atoms with E-state index in [9.17, 15) is 0 Å². The third-order valence-electron chi connectivity index (χ3n) is 3.40. The second kappa shape index (κ2) is 4.48. The second-order valence-electron chi connectivity index (χ2n) is 4.72. The number of aromatic nitrogens is 7. The fraction of sp³-hybridized carbons (Fsp3) is 0.333. The SMILES string of the molecule is Cc1nnc(-c2cnn(C)c2N)n1Cc1cncn1C. The molecule has 3 heterocycles. The maximum absolute atomic E-state index is 6.02. The molecule has 0 radical (unpaired) electrons. The lowest BCUT2D eigenvalue weighted by Crippen LogP contribution is -2.08. The van der Waals surface area contributed by atoms with Crippen LogP contribution in [0.1, 0.15) is 11.5 Å². The molecule has 2 N–H and O–H groups in total. The van der Waals surface area contributed by atoms with Crippen LogP contribution in [0.3, 0.4) is 0 Å². The minimum absolute atomic E-state index is 0.573. The first-order chi connectivity index (χ1) is 9.58. The Morgan fingerprint density at radius 2 is 2.00 bits per heavy atom. The summed E-state index contributed by atoms with van der Waals surface area (Å²) in [6, 6.07) is 0. The molecular weight excluding hydrogens is 256 g/mol. The van der Waals surface area contributed by atoms with Crippen molar-refractivity contribution in [3.63, 3.8) is 0 Å². The zero-order valence-electron chi connectivity index (χ0n) is 11.6. The van der Waals surface area contributed by atoms with E-state index in [0.29, 0.717) is 18.2 Å². The fourth-order valence-corrected chi connectivity index (χ4v) is 2.09. The molecule has 0 aliphatic rings. The van der Waals surface area contributed by atoms with Crippen LogP contribution in [0, 0.1) is 6.92 Å². The standard InChI is InChI=1S/C12H16N8/c1-8-16-17-12(10-5-15-19(3)11(10)13)20(8)6-9-4-14-7-18(9)2/h4-5,7H,6,13H2,1-3H3. The van der Waals surface area contributed by atoms with E-state index < -0.39 is 0 Å². The molecule has 0 saturated heterocycles. The van der Waals surface area contributed by atoms with E-state index in [1.54, 1.807) is 24.3 Å². The van der Waals surface area contributed by atoms with Crippen molar-refractivity contribution >= 4 is 5.82 Å². The Balaban J connectivity index is 2.06. The van der Waals surface area contributed by atoms with Crippen LogP contribution in [-0.4, -0.2) is 34.1 Å². The largest absolute Gasteiger partial charge is 0.383 e. The molecule has 0 unspecified atom stereocenters. The van der Waals surface area contributed by atoms with E-state index in [0.717, 1.165) is 17.1 Å². The number of imidazole rings is 1. The Kier molecular flexibility index (Phi) is 2.78. The fourth-order valence-electron chi connectivity index (χ4n) is 2.09. The number of nitrogens with two attached hydrogens (primary N) is 1. The van der Waals surface area contributed by atoms with Crippen LogP contribution in [-0.2, 0) is 20.6 Å². The summed E-state index contributed by atoms with van der Waals surface area (Å²) in [5, 5.41) is 12.5. The predicted molar refractivity (Wildman–Crippen MR) is 73.7 cm³/mol. The van der Waals surface area contributed by atoms with Gasteiger partial charge in [0.05, 0.1) is 30.3 Å². The van der Waals surface area contributed by atoms with Crippen LogP contribution >= 0.6 is 0 Å². The quantitative estimate of drug-likeness (QED) is 0.742. The summed E-state index contributed by atoms with van der Waals surface area (Å²) in [5.41, 5.74) is 7.87. The molecule has 3 rings (SSSR count). The van der Waals surface area contributed by atoms with Crippen LogP contribution < -0.4 is 5.73 Å². The molecule has 0 atom stereocenters. The van der Waals surface area contributed by atoms with Crippen molar-refractivity contribution in [2.75, 3.05) is 5.73 Å². The average Bonchev–Trinajstić information content (AvgIpc) is 3.07. The van der Waals surface area contributed by atoms with Gasteiger partial charge in [0.15, 0.2) is 5.82 Å². The lowest BCUT2D eigenvalue weighted by Gasteiger charge is -2.08.